The number of carbonyl (C=O) groups is 1. The standard InChI is InChI=1S/C11H16O2S2/c1-3-4-7-15(13)8-10(12)11-6-5-9(2)14-11/h5-6H,3-4,7-8H2,1-2H3. The number of rotatable bonds is 6. The van der Waals surface area contributed by atoms with E-state index in [0.29, 0.717) is 5.75 Å². The Morgan fingerprint density at radius 3 is 2.73 bits per heavy atom. The molecule has 1 rings (SSSR count). The van der Waals surface area contributed by atoms with Crippen LogP contribution in [0.3, 0.4) is 0 Å². The largest absolute Gasteiger partial charge is 0.292 e. The van der Waals surface area contributed by atoms with Crippen molar-refractivity contribution in [1.82, 2.24) is 0 Å². The minimum absolute atomic E-state index is 0.0162. The maximum absolute atomic E-state index is 11.6. The minimum atomic E-state index is -0.984. The monoisotopic (exact) mass is 244 g/mol. The molecule has 2 nitrogen and oxygen atoms in total. The number of aryl methyl sites for hydroxylation is 1. The molecule has 0 fully saturated rings. The smallest absolute Gasteiger partial charge is 0.185 e. The van der Waals surface area contributed by atoms with Gasteiger partial charge in [0.25, 0.3) is 0 Å². The lowest BCUT2D eigenvalue weighted by Gasteiger charge is -1.98. The Morgan fingerprint density at radius 2 is 2.20 bits per heavy atom. The van der Waals surface area contributed by atoms with Gasteiger partial charge in [0.15, 0.2) is 5.78 Å². The fraction of sp³-hybridized carbons (Fsp3) is 0.545. The van der Waals surface area contributed by atoms with Gasteiger partial charge in [-0.1, -0.05) is 13.3 Å². The number of hydrogen-bond acceptors (Lipinski definition) is 3. The predicted molar refractivity (Wildman–Crippen MR) is 66.2 cm³/mol. The van der Waals surface area contributed by atoms with Gasteiger partial charge in [-0.05, 0) is 25.5 Å². The Hall–Kier alpha value is -0.480. The molecule has 0 N–H and O–H groups in total. The average molecular weight is 244 g/mol. The van der Waals surface area contributed by atoms with Gasteiger partial charge in [-0.25, -0.2) is 0 Å². The molecule has 0 aliphatic carbocycles. The van der Waals surface area contributed by atoms with Crippen LogP contribution in [0, 0.1) is 6.92 Å². The number of Topliss-reactive ketones (excluding diaryl/α,β-unsaturated/α-hetero) is 1. The summed E-state index contributed by atoms with van der Waals surface area (Å²) in [6.07, 6.45) is 1.96. The van der Waals surface area contributed by atoms with E-state index in [1.165, 1.54) is 11.3 Å². The highest BCUT2D eigenvalue weighted by atomic mass is 32.2. The summed E-state index contributed by atoms with van der Waals surface area (Å²) in [6.45, 7) is 4.02. The first-order valence-electron chi connectivity index (χ1n) is 5.08. The lowest BCUT2D eigenvalue weighted by Crippen LogP contribution is -2.12. The first kappa shape index (κ1) is 12.6. The zero-order valence-corrected chi connectivity index (χ0v) is 10.7. The average Bonchev–Trinajstić information content (AvgIpc) is 2.61. The Kier molecular flexibility index (Phi) is 5.19. The summed E-state index contributed by atoms with van der Waals surface area (Å²) in [5.74, 6) is 0.842. The van der Waals surface area contributed by atoms with Crippen molar-refractivity contribution in [3.8, 4) is 0 Å². The molecule has 0 aliphatic heterocycles. The van der Waals surface area contributed by atoms with Crippen LogP contribution >= 0.6 is 11.3 Å². The van der Waals surface area contributed by atoms with Crippen molar-refractivity contribution in [3.63, 3.8) is 0 Å². The van der Waals surface area contributed by atoms with E-state index in [-0.39, 0.29) is 11.5 Å². The van der Waals surface area contributed by atoms with Crippen molar-refractivity contribution >= 4 is 27.9 Å². The fourth-order valence-electron chi connectivity index (χ4n) is 1.18. The number of unbranched alkanes of at least 4 members (excludes halogenated alkanes) is 1. The third-order valence-electron chi connectivity index (χ3n) is 2.03. The van der Waals surface area contributed by atoms with Gasteiger partial charge < -0.3 is 0 Å². The normalized spacial score (nSPS) is 12.7. The second-order valence-electron chi connectivity index (χ2n) is 3.48. The number of carbonyl (C=O) groups excluding carboxylic acids is 1. The Balaban J connectivity index is 2.45. The first-order valence-corrected chi connectivity index (χ1v) is 7.38. The molecule has 1 atom stereocenters. The lowest BCUT2D eigenvalue weighted by molar-refractivity contribution is 0.102. The summed E-state index contributed by atoms with van der Waals surface area (Å²) in [5.41, 5.74) is 0. The minimum Gasteiger partial charge on any atom is -0.292 e. The number of hydrogen-bond donors (Lipinski definition) is 0. The van der Waals surface area contributed by atoms with E-state index in [2.05, 4.69) is 6.92 Å². The van der Waals surface area contributed by atoms with Crippen molar-refractivity contribution in [2.45, 2.75) is 26.7 Å². The van der Waals surface area contributed by atoms with E-state index >= 15 is 0 Å². The van der Waals surface area contributed by atoms with Gasteiger partial charge >= 0.3 is 0 Å². The van der Waals surface area contributed by atoms with E-state index in [0.717, 1.165) is 22.6 Å². The molecule has 1 aromatic heterocycles. The molecular weight excluding hydrogens is 228 g/mol. The van der Waals surface area contributed by atoms with Crippen molar-refractivity contribution in [2.75, 3.05) is 11.5 Å². The van der Waals surface area contributed by atoms with Gasteiger partial charge in [0, 0.05) is 21.4 Å². The molecule has 4 heteroatoms. The second kappa shape index (κ2) is 6.18. The van der Waals surface area contributed by atoms with Crippen LogP contribution in [0.2, 0.25) is 0 Å². The number of ketones is 1. The van der Waals surface area contributed by atoms with Crippen molar-refractivity contribution in [1.29, 1.82) is 0 Å². The Labute approximate surface area is 97.2 Å². The third kappa shape index (κ3) is 4.26. The van der Waals surface area contributed by atoms with E-state index in [1.807, 2.05) is 19.1 Å². The summed E-state index contributed by atoms with van der Waals surface area (Å²) < 4.78 is 11.5. The van der Waals surface area contributed by atoms with Crippen LogP contribution in [0.1, 0.15) is 34.3 Å². The molecule has 0 saturated heterocycles. The molecule has 1 aromatic rings. The summed E-state index contributed by atoms with van der Waals surface area (Å²) >= 11 is 1.48. The van der Waals surface area contributed by atoms with Gasteiger partial charge in [-0.15, -0.1) is 11.3 Å². The highest BCUT2D eigenvalue weighted by Crippen LogP contribution is 2.15. The van der Waals surface area contributed by atoms with Gasteiger partial charge in [0.05, 0.1) is 10.6 Å². The molecule has 15 heavy (non-hydrogen) atoms. The van der Waals surface area contributed by atoms with E-state index in [1.54, 1.807) is 0 Å². The quantitative estimate of drug-likeness (QED) is 0.721. The van der Waals surface area contributed by atoms with Gasteiger partial charge in [0.1, 0.15) is 0 Å². The van der Waals surface area contributed by atoms with Crippen LogP contribution in [-0.4, -0.2) is 21.5 Å². The zero-order chi connectivity index (χ0) is 11.3. The SMILES string of the molecule is CCCCS(=O)CC(=O)c1ccc(C)s1. The first-order chi connectivity index (χ1) is 7.13. The molecule has 84 valence electrons. The van der Waals surface area contributed by atoms with Crippen LogP contribution in [0.25, 0.3) is 0 Å². The molecular formula is C11H16O2S2. The topological polar surface area (TPSA) is 34.1 Å². The zero-order valence-electron chi connectivity index (χ0n) is 9.12. The highest BCUT2D eigenvalue weighted by Gasteiger charge is 2.11. The van der Waals surface area contributed by atoms with Gasteiger partial charge in [-0.3, -0.25) is 9.00 Å². The summed E-state index contributed by atoms with van der Waals surface area (Å²) in [6, 6.07) is 3.74. The molecule has 1 heterocycles. The predicted octanol–water partition coefficient (Wildman–Crippen LogP) is 2.79. The maximum Gasteiger partial charge on any atom is 0.185 e. The van der Waals surface area contributed by atoms with Gasteiger partial charge in [0.2, 0.25) is 0 Å². The molecule has 0 spiro atoms. The van der Waals surface area contributed by atoms with Gasteiger partial charge in [-0.2, -0.15) is 0 Å². The molecule has 0 aromatic carbocycles. The van der Waals surface area contributed by atoms with Crippen molar-refractivity contribution in [2.24, 2.45) is 0 Å². The van der Waals surface area contributed by atoms with Crippen LogP contribution in [0.5, 0.6) is 0 Å². The molecule has 0 amide bonds. The van der Waals surface area contributed by atoms with E-state index in [4.69, 9.17) is 0 Å². The second-order valence-corrected chi connectivity index (χ2v) is 6.34. The Morgan fingerprint density at radius 1 is 1.47 bits per heavy atom. The summed E-state index contributed by atoms with van der Waals surface area (Å²) in [5, 5.41) is 0. The van der Waals surface area contributed by atoms with Crippen LogP contribution < -0.4 is 0 Å². The van der Waals surface area contributed by atoms with Crippen molar-refractivity contribution < 1.29 is 9.00 Å². The molecule has 0 radical (unpaired) electrons. The molecule has 0 saturated carbocycles. The maximum atomic E-state index is 11.6. The Bertz CT molecular complexity index is 355. The van der Waals surface area contributed by atoms with Crippen molar-refractivity contribution in [3.05, 3.63) is 21.9 Å². The van der Waals surface area contributed by atoms with Crippen LogP contribution in [0.15, 0.2) is 12.1 Å². The third-order valence-corrected chi connectivity index (χ3v) is 4.40. The van der Waals surface area contributed by atoms with Crippen LogP contribution in [-0.2, 0) is 10.8 Å². The fourth-order valence-corrected chi connectivity index (χ4v) is 3.28. The molecule has 0 aliphatic rings. The molecule has 0 bridgehead atoms. The number of thiophene rings is 1. The van der Waals surface area contributed by atoms with E-state index < -0.39 is 10.8 Å². The van der Waals surface area contributed by atoms with Crippen LogP contribution in [0.4, 0.5) is 0 Å². The lowest BCUT2D eigenvalue weighted by atomic mass is 10.3. The highest BCUT2D eigenvalue weighted by molar-refractivity contribution is 7.85. The summed E-state index contributed by atoms with van der Waals surface area (Å²) in [7, 11) is -0.984. The van der Waals surface area contributed by atoms with E-state index in [9.17, 15) is 9.00 Å². The summed E-state index contributed by atoms with van der Waals surface area (Å²) in [4.78, 5) is 13.5. The molecule has 1 unspecified atom stereocenters.